The summed E-state index contributed by atoms with van der Waals surface area (Å²) in [7, 11) is 0. The Labute approximate surface area is 137 Å². The van der Waals surface area contributed by atoms with Crippen LogP contribution in [0.1, 0.15) is 43.4 Å². The van der Waals surface area contributed by atoms with E-state index in [1.807, 2.05) is 6.92 Å². The van der Waals surface area contributed by atoms with E-state index >= 15 is 0 Å². The van der Waals surface area contributed by atoms with Crippen molar-refractivity contribution in [1.29, 1.82) is 5.26 Å². The Bertz CT molecular complexity index is 550. The van der Waals surface area contributed by atoms with Gasteiger partial charge in [-0.3, -0.25) is 4.79 Å². The molecule has 1 saturated heterocycles. The maximum absolute atomic E-state index is 11.6. The van der Waals surface area contributed by atoms with Crippen LogP contribution >= 0.6 is 0 Å². The first-order chi connectivity index (χ1) is 11.1. The molecule has 1 fully saturated rings. The molecule has 2 atom stereocenters. The summed E-state index contributed by atoms with van der Waals surface area (Å²) in [5.41, 5.74) is 1.41. The molecule has 23 heavy (non-hydrogen) atoms. The second-order valence-electron chi connectivity index (χ2n) is 6.03. The number of esters is 1. The average molecular weight is 316 g/mol. The molecule has 124 valence electrons. The number of benzene rings is 1. The quantitative estimate of drug-likeness (QED) is 0.815. The number of hydrogen-bond donors (Lipinski definition) is 1. The summed E-state index contributed by atoms with van der Waals surface area (Å²) in [4.78, 5) is 13.8. The number of nitrogens with zero attached hydrogens (tertiary/aromatic N) is 2. The number of piperidine rings is 1. The van der Waals surface area contributed by atoms with Crippen molar-refractivity contribution in [2.75, 3.05) is 26.2 Å². The highest BCUT2D eigenvalue weighted by molar-refractivity contribution is 5.69. The Morgan fingerprint density at radius 3 is 2.87 bits per heavy atom. The van der Waals surface area contributed by atoms with Crippen molar-refractivity contribution >= 4 is 5.97 Å². The lowest BCUT2D eigenvalue weighted by atomic mass is 9.94. The first kappa shape index (κ1) is 17.5. The number of likely N-dealkylation sites (tertiary alicyclic amines) is 1. The van der Waals surface area contributed by atoms with Gasteiger partial charge in [0, 0.05) is 19.5 Å². The lowest BCUT2D eigenvalue weighted by molar-refractivity contribution is -0.144. The second-order valence-corrected chi connectivity index (χ2v) is 6.03. The minimum absolute atomic E-state index is 0.132. The lowest BCUT2D eigenvalue weighted by Crippen LogP contribution is -2.38. The predicted molar refractivity (Wildman–Crippen MR) is 86.5 cm³/mol. The number of hydrogen-bond acceptors (Lipinski definition) is 5. The van der Waals surface area contributed by atoms with Gasteiger partial charge in [0.05, 0.1) is 24.3 Å². The van der Waals surface area contributed by atoms with Crippen LogP contribution in [0.15, 0.2) is 24.3 Å². The number of carbonyl (C=O) groups excluding carboxylic acids is 1. The molecule has 1 aromatic rings. The largest absolute Gasteiger partial charge is 0.466 e. The van der Waals surface area contributed by atoms with Crippen LogP contribution in [-0.4, -0.2) is 42.2 Å². The van der Waals surface area contributed by atoms with Crippen LogP contribution in [0.25, 0.3) is 0 Å². The van der Waals surface area contributed by atoms with Crippen LogP contribution in [0, 0.1) is 17.2 Å². The van der Waals surface area contributed by atoms with Gasteiger partial charge >= 0.3 is 5.97 Å². The number of rotatable bonds is 6. The second kappa shape index (κ2) is 8.66. The molecule has 0 amide bonds. The van der Waals surface area contributed by atoms with Crippen LogP contribution in [0.5, 0.6) is 0 Å². The molecule has 0 bridgehead atoms. The van der Waals surface area contributed by atoms with E-state index in [2.05, 4.69) is 11.0 Å². The highest BCUT2D eigenvalue weighted by atomic mass is 16.5. The molecule has 0 unspecified atom stereocenters. The van der Waals surface area contributed by atoms with Gasteiger partial charge in [-0.2, -0.15) is 5.26 Å². The fourth-order valence-electron chi connectivity index (χ4n) is 3.07. The van der Waals surface area contributed by atoms with Gasteiger partial charge in [0.2, 0.25) is 0 Å². The molecule has 1 N–H and O–H groups in total. The Balaban J connectivity index is 1.86. The molecule has 2 rings (SSSR count). The highest BCUT2D eigenvalue weighted by Gasteiger charge is 2.24. The van der Waals surface area contributed by atoms with E-state index in [1.165, 1.54) is 0 Å². The number of carbonyl (C=O) groups is 1. The fraction of sp³-hybridized carbons (Fsp3) is 0.556. The maximum Gasteiger partial charge on any atom is 0.306 e. The molecule has 0 spiro atoms. The molecule has 1 aliphatic rings. The van der Waals surface area contributed by atoms with Crippen LogP contribution < -0.4 is 0 Å². The number of nitriles is 1. The molecule has 5 nitrogen and oxygen atoms in total. The summed E-state index contributed by atoms with van der Waals surface area (Å²) < 4.78 is 5.02. The monoisotopic (exact) mass is 316 g/mol. The molecule has 1 aliphatic heterocycles. The molecule has 0 radical (unpaired) electrons. The number of ether oxygens (including phenoxy) is 1. The Morgan fingerprint density at radius 1 is 1.48 bits per heavy atom. The van der Waals surface area contributed by atoms with Crippen molar-refractivity contribution in [3.8, 4) is 6.07 Å². The van der Waals surface area contributed by atoms with E-state index < -0.39 is 6.10 Å². The molecular weight excluding hydrogens is 292 g/mol. The molecule has 1 heterocycles. The zero-order valence-corrected chi connectivity index (χ0v) is 13.6. The van der Waals surface area contributed by atoms with Gasteiger partial charge in [0.1, 0.15) is 0 Å². The summed E-state index contributed by atoms with van der Waals surface area (Å²) in [5.74, 6) is 0.169. The van der Waals surface area contributed by atoms with Gasteiger partial charge in [0.25, 0.3) is 0 Å². The zero-order valence-electron chi connectivity index (χ0n) is 13.6. The first-order valence-corrected chi connectivity index (χ1v) is 8.18. The third-order valence-corrected chi connectivity index (χ3v) is 4.22. The van der Waals surface area contributed by atoms with Crippen LogP contribution in [0.4, 0.5) is 0 Å². The summed E-state index contributed by atoms with van der Waals surface area (Å²) >= 11 is 0. The van der Waals surface area contributed by atoms with Crippen molar-refractivity contribution in [2.45, 2.75) is 32.3 Å². The average Bonchev–Trinajstić information content (AvgIpc) is 2.55. The Kier molecular flexibility index (Phi) is 6.57. The summed E-state index contributed by atoms with van der Waals surface area (Å²) in [5, 5.41) is 19.2. The van der Waals surface area contributed by atoms with Gasteiger partial charge in [-0.1, -0.05) is 12.1 Å². The predicted octanol–water partition coefficient (Wildman–Crippen LogP) is 2.26. The van der Waals surface area contributed by atoms with E-state index in [4.69, 9.17) is 10.00 Å². The minimum Gasteiger partial charge on any atom is -0.466 e. The van der Waals surface area contributed by atoms with Crippen molar-refractivity contribution in [3.05, 3.63) is 35.4 Å². The normalized spacial score (nSPS) is 19.8. The Morgan fingerprint density at radius 2 is 2.22 bits per heavy atom. The molecular formula is C18H24N2O3. The van der Waals surface area contributed by atoms with Crippen LogP contribution in [-0.2, 0) is 9.53 Å². The lowest BCUT2D eigenvalue weighted by Gasteiger charge is -2.33. The molecule has 1 aromatic carbocycles. The molecule has 0 aliphatic carbocycles. The molecule has 0 saturated carbocycles. The van der Waals surface area contributed by atoms with Crippen LogP contribution in [0.3, 0.4) is 0 Å². The first-order valence-electron chi connectivity index (χ1n) is 8.18. The molecule has 0 aromatic heterocycles. The zero-order chi connectivity index (χ0) is 16.7. The van der Waals surface area contributed by atoms with Crippen molar-refractivity contribution in [1.82, 2.24) is 4.90 Å². The number of aliphatic hydroxyl groups excluding tert-OH is 1. The van der Waals surface area contributed by atoms with E-state index in [0.717, 1.165) is 31.5 Å². The van der Waals surface area contributed by atoms with Crippen molar-refractivity contribution in [3.63, 3.8) is 0 Å². The number of aliphatic hydroxyl groups is 1. The van der Waals surface area contributed by atoms with Crippen molar-refractivity contribution < 1.29 is 14.6 Å². The van der Waals surface area contributed by atoms with Gasteiger partial charge in [-0.25, -0.2) is 0 Å². The summed E-state index contributed by atoms with van der Waals surface area (Å²) in [6.07, 6.45) is 1.94. The Hall–Kier alpha value is -1.90. The van der Waals surface area contributed by atoms with Gasteiger partial charge < -0.3 is 14.7 Å². The topological polar surface area (TPSA) is 73.6 Å². The van der Waals surface area contributed by atoms with Gasteiger partial charge in [-0.05, 0) is 49.9 Å². The summed E-state index contributed by atoms with van der Waals surface area (Å²) in [6.45, 7) is 4.54. The van der Waals surface area contributed by atoms with Crippen LogP contribution in [0.2, 0.25) is 0 Å². The SMILES string of the molecule is CCOC(=O)C[C@H]1CCCN(C[C@@H](O)c2ccc(C#N)cc2)C1. The maximum atomic E-state index is 11.6. The standard InChI is InChI=1S/C18H24N2O3/c1-2-23-18(22)10-15-4-3-9-20(12-15)13-17(21)16-7-5-14(11-19)6-8-16/h5-8,15,17,21H,2-4,9-10,12-13H2,1H3/t15-,17-/m1/s1. The smallest absolute Gasteiger partial charge is 0.306 e. The van der Waals surface area contributed by atoms with Crippen molar-refractivity contribution in [2.24, 2.45) is 5.92 Å². The van der Waals surface area contributed by atoms with E-state index in [1.54, 1.807) is 24.3 Å². The molecule has 5 heteroatoms. The third-order valence-electron chi connectivity index (χ3n) is 4.22. The summed E-state index contributed by atoms with van der Waals surface area (Å²) in [6, 6.07) is 9.10. The van der Waals surface area contributed by atoms with E-state index in [-0.39, 0.29) is 5.97 Å². The minimum atomic E-state index is -0.580. The van der Waals surface area contributed by atoms with Gasteiger partial charge in [-0.15, -0.1) is 0 Å². The van der Waals surface area contributed by atoms with E-state index in [0.29, 0.717) is 31.1 Å². The number of β-amino-alcohol motifs (C(OH)–C–C–N with tert-alkyl or cyclic N) is 1. The van der Waals surface area contributed by atoms with Gasteiger partial charge in [0.15, 0.2) is 0 Å². The third kappa shape index (κ3) is 5.34. The fourth-order valence-corrected chi connectivity index (χ4v) is 3.07. The highest BCUT2D eigenvalue weighted by Crippen LogP contribution is 2.23. The van der Waals surface area contributed by atoms with E-state index in [9.17, 15) is 9.90 Å².